The number of benzene rings is 4. The molecule has 202 valence electrons. The van der Waals surface area contributed by atoms with Crippen LogP contribution in [-0.4, -0.2) is 30.5 Å². The number of halogens is 2. The number of carbonyl (C=O) groups is 3. The molecule has 0 atom stereocenters. The van der Waals surface area contributed by atoms with Crippen molar-refractivity contribution in [3.05, 3.63) is 129 Å². The van der Waals surface area contributed by atoms with Crippen molar-refractivity contribution in [3.63, 3.8) is 0 Å². The van der Waals surface area contributed by atoms with E-state index in [1.54, 1.807) is 98.1 Å². The van der Waals surface area contributed by atoms with E-state index in [1.165, 1.54) is 17.8 Å². The molecule has 2 N–H and O–H groups in total. The maximum Gasteiger partial charge on any atom is 0.272 e. The summed E-state index contributed by atoms with van der Waals surface area (Å²) in [6.45, 7) is 0. The Morgan fingerprint density at radius 1 is 0.825 bits per heavy atom. The van der Waals surface area contributed by atoms with Crippen LogP contribution in [0, 0.1) is 0 Å². The number of amides is 2. The number of methoxy groups -OCH3 is 1. The van der Waals surface area contributed by atoms with Crippen LogP contribution in [0.4, 0.5) is 5.69 Å². The lowest BCUT2D eigenvalue weighted by Crippen LogP contribution is -2.30. The predicted octanol–water partition coefficient (Wildman–Crippen LogP) is 7.39. The highest BCUT2D eigenvalue weighted by Crippen LogP contribution is 2.27. The summed E-state index contributed by atoms with van der Waals surface area (Å²) in [5, 5.41) is 6.13. The minimum absolute atomic E-state index is 0.0347. The number of hydrogen-bond donors (Lipinski definition) is 2. The molecule has 0 unspecified atom stereocenters. The third-order valence-corrected chi connectivity index (χ3v) is 7.34. The molecule has 0 saturated carbocycles. The van der Waals surface area contributed by atoms with E-state index in [9.17, 15) is 14.4 Å². The van der Waals surface area contributed by atoms with Crippen molar-refractivity contribution in [2.45, 2.75) is 4.90 Å². The van der Waals surface area contributed by atoms with Gasteiger partial charge in [-0.1, -0.05) is 53.5 Å². The van der Waals surface area contributed by atoms with Gasteiger partial charge in [0.2, 0.25) is 0 Å². The molecule has 6 nitrogen and oxygen atoms in total. The SMILES string of the molecule is COc1ccc(C(=O)CSc2cccc(NC(=O)/C(=C/c3c(Cl)cccc3Cl)NC(=O)c3ccccc3)c2)cc1. The highest BCUT2D eigenvalue weighted by atomic mass is 35.5. The third kappa shape index (κ3) is 7.76. The van der Waals surface area contributed by atoms with Crippen molar-refractivity contribution in [1.29, 1.82) is 0 Å². The number of ether oxygens (including phenoxy) is 1. The topological polar surface area (TPSA) is 84.5 Å². The molecule has 0 radical (unpaired) electrons. The summed E-state index contributed by atoms with van der Waals surface area (Å²) < 4.78 is 5.14. The number of carbonyl (C=O) groups excluding carboxylic acids is 3. The molecule has 0 aliphatic heterocycles. The molecule has 4 aromatic rings. The maximum atomic E-state index is 13.4. The van der Waals surface area contributed by atoms with Gasteiger partial charge in [-0.3, -0.25) is 14.4 Å². The number of anilines is 1. The lowest BCUT2D eigenvalue weighted by molar-refractivity contribution is -0.113. The normalized spacial score (nSPS) is 11.0. The monoisotopic (exact) mass is 590 g/mol. The molecule has 0 fully saturated rings. The molecular weight excluding hydrogens is 567 g/mol. The number of rotatable bonds is 10. The Morgan fingerprint density at radius 2 is 1.50 bits per heavy atom. The van der Waals surface area contributed by atoms with Crippen LogP contribution in [0.3, 0.4) is 0 Å². The second kappa shape index (κ2) is 13.8. The average molecular weight is 592 g/mol. The lowest BCUT2D eigenvalue weighted by Gasteiger charge is -2.13. The van der Waals surface area contributed by atoms with E-state index in [-0.39, 0.29) is 17.2 Å². The molecule has 0 heterocycles. The Bertz CT molecular complexity index is 1540. The van der Waals surface area contributed by atoms with Gasteiger partial charge in [-0.25, -0.2) is 0 Å². The molecular formula is C31H24Cl2N2O4S. The number of nitrogens with one attached hydrogen (secondary N) is 2. The van der Waals surface area contributed by atoms with Gasteiger partial charge in [0.25, 0.3) is 11.8 Å². The summed E-state index contributed by atoms with van der Waals surface area (Å²) >= 11 is 14.0. The van der Waals surface area contributed by atoms with Gasteiger partial charge in [0, 0.05) is 37.3 Å². The summed E-state index contributed by atoms with van der Waals surface area (Å²) in [4.78, 5) is 39.7. The Hall–Kier alpha value is -4.04. The first kappa shape index (κ1) is 29.0. The number of Topliss-reactive ketones (excluding diaryl/α,β-unsaturated/α-hetero) is 1. The second-order valence-electron chi connectivity index (χ2n) is 8.44. The molecule has 0 aliphatic rings. The molecule has 4 aromatic carbocycles. The number of ketones is 1. The standard InChI is InChI=1S/C31H24Cl2N2O4S/c1-39-23-15-13-20(14-16-23)29(36)19-40-24-10-5-9-22(17-24)34-31(38)28(18-25-26(32)11-6-12-27(25)33)35-30(37)21-7-3-2-4-8-21/h2-18H,19H2,1H3,(H,34,38)(H,35,37)/b28-18-. The fourth-order valence-corrected chi connectivity index (χ4v) is 4.96. The molecule has 0 spiro atoms. The first-order valence-electron chi connectivity index (χ1n) is 12.1. The van der Waals surface area contributed by atoms with E-state index in [4.69, 9.17) is 27.9 Å². The average Bonchev–Trinajstić information content (AvgIpc) is 2.97. The predicted molar refractivity (Wildman–Crippen MR) is 161 cm³/mol. The summed E-state index contributed by atoms with van der Waals surface area (Å²) in [5.74, 6) is -0.179. The van der Waals surface area contributed by atoms with Crippen LogP contribution in [-0.2, 0) is 4.79 Å². The molecule has 0 aliphatic carbocycles. The van der Waals surface area contributed by atoms with Gasteiger partial charge in [0.1, 0.15) is 11.4 Å². The Kier molecular flexibility index (Phi) is 10.0. The van der Waals surface area contributed by atoms with E-state index in [2.05, 4.69) is 10.6 Å². The minimum atomic E-state index is -0.572. The number of thioether (sulfide) groups is 1. The molecule has 9 heteroatoms. The first-order valence-corrected chi connectivity index (χ1v) is 13.8. The van der Waals surface area contributed by atoms with Gasteiger partial charge < -0.3 is 15.4 Å². The summed E-state index contributed by atoms with van der Waals surface area (Å²) in [6, 6.07) is 27.5. The van der Waals surface area contributed by atoms with E-state index < -0.39 is 11.8 Å². The second-order valence-corrected chi connectivity index (χ2v) is 10.3. The first-order chi connectivity index (χ1) is 19.3. The van der Waals surface area contributed by atoms with E-state index in [0.717, 1.165) is 4.90 Å². The van der Waals surface area contributed by atoms with Crippen LogP contribution < -0.4 is 15.4 Å². The fraction of sp³-hybridized carbons (Fsp3) is 0.0645. The van der Waals surface area contributed by atoms with Crippen molar-refractivity contribution in [1.82, 2.24) is 5.32 Å². The van der Waals surface area contributed by atoms with Gasteiger partial charge in [-0.15, -0.1) is 11.8 Å². The summed E-state index contributed by atoms with van der Waals surface area (Å²) in [7, 11) is 1.57. The summed E-state index contributed by atoms with van der Waals surface area (Å²) in [6.07, 6.45) is 1.44. The van der Waals surface area contributed by atoms with Crippen LogP contribution in [0.5, 0.6) is 5.75 Å². The molecule has 0 saturated heterocycles. The molecule has 4 rings (SSSR count). The molecule has 40 heavy (non-hydrogen) atoms. The van der Waals surface area contributed by atoms with Gasteiger partial charge >= 0.3 is 0 Å². The van der Waals surface area contributed by atoms with Crippen molar-refractivity contribution in [2.75, 3.05) is 18.2 Å². The van der Waals surface area contributed by atoms with Gasteiger partial charge in [-0.05, 0) is 72.8 Å². The Balaban J connectivity index is 1.51. The minimum Gasteiger partial charge on any atom is -0.497 e. The van der Waals surface area contributed by atoms with Gasteiger partial charge in [0.15, 0.2) is 5.78 Å². The lowest BCUT2D eigenvalue weighted by atomic mass is 10.1. The molecule has 0 bridgehead atoms. The van der Waals surface area contributed by atoms with Crippen molar-refractivity contribution in [2.24, 2.45) is 0 Å². The van der Waals surface area contributed by atoms with Crippen molar-refractivity contribution >= 4 is 64.3 Å². The molecule has 0 aromatic heterocycles. The van der Waals surface area contributed by atoms with Crippen molar-refractivity contribution in [3.8, 4) is 5.75 Å². The highest BCUT2D eigenvalue weighted by molar-refractivity contribution is 8.00. The van der Waals surface area contributed by atoms with E-state index >= 15 is 0 Å². The van der Waals surface area contributed by atoms with Crippen LogP contribution in [0.2, 0.25) is 10.0 Å². The van der Waals surface area contributed by atoms with E-state index in [1.807, 2.05) is 6.07 Å². The van der Waals surface area contributed by atoms with Crippen LogP contribution in [0.15, 0.2) is 108 Å². The molecule has 2 amide bonds. The largest absolute Gasteiger partial charge is 0.497 e. The Morgan fingerprint density at radius 3 is 2.17 bits per heavy atom. The van der Waals surface area contributed by atoms with Crippen LogP contribution in [0.1, 0.15) is 26.3 Å². The van der Waals surface area contributed by atoms with Gasteiger partial charge in [-0.2, -0.15) is 0 Å². The zero-order chi connectivity index (χ0) is 28.5. The number of hydrogen-bond acceptors (Lipinski definition) is 5. The van der Waals surface area contributed by atoms with Crippen LogP contribution in [0.25, 0.3) is 6.08 Å². The Labute approximate surface area is 246 Å². The van der Waals surface area contributed by atoms with E-state index in [0.29, 0.717) is 38.2 Å². The maximum absolute atomic E-state index is 13.4. The third-order valence-electron chi connectivity index (χ3n) is 5.69. The van der Waals surface area contributed by atoms with Gasteiger partial charge in [0.05, 0.1) is 12.9 Å². The van der Waals surface area contributed by atoms with Crippen LogP contribution >= 0.6 is 35.0 Å². The zero-order valence-corrected chi connectivity index (χ0v) is 23.6. The van der Waals surface area contributed by atoms with Crippen molar-refractivity contribution < 1.29 is 19.1 Å². The quantitative estimate of drug-likeness (QED) is 0.114. The highest BCUT2D eigenvalue weighted by Gasteiger charge is 2.17. The zero-order valence-electron chi connectivity index (χ0n) is 21.3. The fourth-order valence-electron chi connectivity index (χ4n) is 3.61. The smallest absolute Gasteiger partial charge is 0.272 e. The summed E-state index contributed by atoms with van der Waals surface area (Å²) in [5.41, 5.74) is 1.80.